The largest absolute Gasteiger partial charge is 0.294 e. The molecule has 1 heterocycles. The van der Waals surface area contributed by atoms with Gasteiger partial charge in [-0.3, -0.25) is 4.90 Å². The lowest BCUT2D eigenvalue weighted by molar-refractivity contribution is 0.128. The molecule has 0 unspecified atom stereocenters. The molecule has 0 amide bonds. The van der Waals surface area contributed by atoms with E-state index >= 15 is 0 Å². The molecular weight excluding hydrogens is 249 g/mol. The minimum atomic E-state index is 0.718. The van der Waals surface area contributed by atoms with Crippen LogP contribution in [0.15, 0.2) is 12.1 Å². The van der Waals surface area contributed by atoms with E-state index in [1.165, 1.54) is 24.1 Å². The minimum Gasteiger partial charge on any atom is -0.294 e. The summed E-state index contributed by atoms with van der Waals surface area (Å²) in [5, 5.41) is 0. The van der Waals surface area contributed by atoms with Gasteiger partial charge in [0.05, 0.1) is 4.34 Å². The first-order valence-electron chi connectivity index (χ1n) is 5.34. The highest BCUT2D eigenvalue weighted by molar-refractivity contribution is 7.16. The van der Waals surface area contributed by atoms with Crippen LogP contribution in [0.25, 0.3) is 0 Å². The van der Waals surface area contributed by atoms with Crippen molar-refractivity contribution in [3.8, 4) is 0 Å². The Bertz CT molecular complexity index is 309. The predicted molar refractivity (Wildman–Crippen MR) is 68.1 cm³/mol. The van der Waals surface area contributed by atoms with E-state index in [0.29, 0.717) is 0 Å². The molecular formula is C11H15Cl2NS. The van der Waals surface area contributed by atoms with E-state index < -0.39 is 0 Å². The first-order chi connectivity index (χ1) is 7.29. The van der Waals surface area contributed by atoms with Crippen LogP contribution in [-0.2, 0) is 6.54 Å². The first-order valence-corrected chi connectivity index (χ1v) is 7.06. The maximum absolute atomic E-state index is 5.92. The Morgan fingerprint density at radius 1 is 1.40 bits per heavy atom. The molecule has 1 aromatic heterocycles. The summed E-state index contributed by atoms with van der Waals surface area (Å²) in [6, 6.07) is 4.85. The maximum Gasteiger partial charge on any atom is 0.0931 e. The van der Waals surface area contributed by atoms with Crippen molar-refractivity contribution in [2.45, 2.75) is 31.8 Å². The molecule has 0 saturated heterocycles. The number of hydrogen-bond acceptors (Lipinski definition) is 2. The molecule has 4 heteroatoms. The van der Waals surface area contributed by atoms with E-state index in [-0.39, 0.29) is 0 Å². The number of hydrogen-bond donors (Lipinski definition) is 0. The standard InChI is InChI=1S/C11H15Cl2NS/c12-6-7-14(9-2-1-3-9)8-10-4-5-11(13)15-10/h4-5,9H,1-3,6-8H2. The predicted octanol–water partition coefficient (Wildman–Crippen LogP) is 3.99. The number of thiophene rings is 1. The fourth-order valence-electron chi connectivity index (χ4n) is 1.89. The average Bonchev–Trinajstić information content (AvgIpc) is 2.48. The SMILES string of the molecule is ClCCN(Cc1ccc(Cl)s1)C1CCC1. The highest BCUT2D eigenvalue weighted by atomic mass is 35.5. The smallest absolute Gasteiger partial charge is 0.0931 e. The van der Waals surface area contributed by atoms with Gasteiger partial charge >= 0.3 is 0 Å². The molecule has 0 spiro atoms. The zero-order valence-corrected chi connectivity index (χ0v) is 10.9. The lowest BCUT2D eigenvalue weighted by Crippen LogP contribution is -2.40. The lowest BCUT2D eigenvalue weighted by atomic mass is 9.91. The Hall–Kier alpha value is 0.240. The molecule has 0 atom stereocenters. The Morgan fingerprint density at radius 3 is 2.67 bits per heavy atom. The summed E-state index contributed by atoms with van der Waals surface area (Å²) < 4.78 is 0.879. The van der Waals surface area contributed by atoms with E-state index in [1.54, 1.807) is 11.3 Å². The zero-order chi connectivity index (χ0) is 10.7. The summed E-state index contributed by atoms with van der Waals surface area (Å²) in [5.74, 6) is 0.718. The van der Waals surface area contributed by atoms with Gasteiger partial charge < -0.3 is 0 Å². The summed E-state index contributed by atoms with van der Waals surface area (Å²) in [6.07, 6.45) is 4.03. The van der Waals surface area contributed by atoms with Gasteiger partial charge in [0.1, 0.15) is 0 Å². The van der Waals surface area contributed by atoms with Crippen molar-refractivity contribution in [3.63, 3.8) is 0 Å². The van der Waals surface area contributed by atoms with Crippen LogP contribution >= 0.6 is 34.5 Å². The van der Waals surface area contributed by atoms with Gasteiger partial charge in [0.2, 0.25) is 0 Å². The third-order valence-electron chi connectivity index (χ3n) is 2.95. The van der Waals surface area contributed by atoms with Crippen LogP contribution < -0.4 is 0 Å². The molecule has 15 heavy (non-hydrogen) atoms. The van der Waals surface area contributed by atoms with Gasteiger partial charge in [0.15, 0.2) is 0 Å². The summed E-state index contributed by atoms with van der Waals surface area (Å²) in [4.78, 5) is 3.83. The van der Waals surface area contributed by atoms with Crippen LogP contribution in [0.4, 0.5) is 0 Å². The fraction of sp³-hybridized carbons (Fsp3) is 0.636. The zero-order valence-electron chi connectivity index (χ0n) is 8.59. The molecule has 1 aliphatic carbocycles. The van der Waals surface area contributed by atoms with Crippen LogP contribution in [0.3, 0.4) is 0 Å². The number of halogens is 2. The van der Waals surface area contributed by atoms with Gasteiger partial charge in [-0.1, -0.05) is 18.0 Å². The van der Waals surface area contributed by atoms with E-state index in [1.807, 2.05) is 6.07 Å². The molecule has 0 N–H and O–H groups in total. The van der Waals surface area contributed by atoms with Gasteiger partial charge in [-0.15, -0.1) is 22.9 Å². The molecule has 0 radical (unpaired) electrons. The summed E-state index contributed by atoms with van der Waals surface area (Å²) in [7, 11) is 0. The van der Waals surface area contributed by atoms with Crippen LogP contribution in [0.2, 0.25) is 4.34 Å². The molecule has 0 aliphatic heterocycles. The quantitative estimate of drug-likeness (QED) is 0.727. The van der Waals surface area contributed by atoms with E-state index in [4.69, 9.17) is 23.2 Å². The van der Waals surface area contributed by atoms with Crippen LogP contribution in [0.5, 0.6) is 0 Å². The molecule has 1 aromatic rings. The molecule has 84 valence electrons. The number of rotatable bonds is 5. The summed E-state index contributed by atoms with van der Waals surface area (Å²) in [6.45, 7) is 2.00. The number of alkyl halides is 1. The summed E-state index contributed by atoms with van der Waals surface area (Å²) in [5.41, 5.74) is 0. The van der Waals surface area contributed by atoms with Crippen molar-refractivity contribution < 1.29 is 0 Å². The molecule has 1 saturated carbocycles. The molecule has 0 bridgehead atoms. The van der Waals surface area contributed by atoms with Crippen molar-refractivity contribution in [1.29, 1.82) is 0 Å². The first kappa shape index (κ1) is 11.7. The second-order valence-electron chi connectivity index (χ2n) is 3.95. The topological polar surface area (TPSA) is 3.24 Å². The van der Waals surface area contributed by atoms with Gasteiger partial charge in [-0.25, -0.2) is 0 Å². The van der Waals surface area contributed by atoms with E-state index in [9.17, 15) is 0 Å². The lowest BCUT2D eigenvalue weighted by Gasteiger charge is -2.37. The highest BCUT2D eigenvalue weighted by Gasteiger charge is 2.24. The third-order valence-corrected chi connectivity index (χ3v) is 4.34. The van der Waals surface area contributed by atoms with Crippen LogP contribution in [0, 0.1) is 0 Å². The molecule has 1 aliphatic rings. The summed E-state index contributed by atoms with van der Waals surface area (Å²) >= 11 is 13.4. The Kier molecular flexibility index (Phi) is 4.32. The molecule has 1 fully saturated rings. The normalized spacial score (nSPS) is 17.0. The average molecular weight is 264 g/mol. The monoisotopic (exact) mass is 263 g/mol. The second kappa shape index (κ2) is 5.53. The maximum atomic E-state index is 5.92. The Morgan fingerprint density at radius 2 is 2.20 bits per heavy atom. The van der Waals surface area contributed by atoms with E-state index in [2.05, 4.69) is 11.0 Å². The van der Waals surface area contributed by atoms with Crippen molar-refractivity contribution in [3.05, 3.63) is 21.3 Å². The van der Waals surface area contributed by atoms with E-state index in [0.717, 1.165) is 29.3 Å². The Labute approximate surface area is 105 Å². The molecule has 2 rings (SSSR count). The van der Waals surface area contributed by atoms with Gasteiger partial charge in [0.25, 0.3) is 0 Å². The van der Waals surface area contributed by atoms with Gasteiger partial charge in [-0.05, 0) is 25.0 Å². The highest BCUT2D eigenvalue weighted by Crippen LogP contribution is 2.28. The molecule has 0 aromatic carbocycles. The van der Waals surface area contributed by atoms with Gasteiger partial charge in [-0.2, -0.15) is 0 Å². The second-order valence-corrected chi connectivity index (χ2v) is 6.13. The minimum absolute atomic E-state index is 0.718. The van der Waals surface area contributed by atoms with Crippen LogP contribution in [-0.4, -0.2) is 23.4 Å². The fourth-order valence-corrected chi connectivity index (χ4v) is 3.22. The van der Waals surface area contributed by atoms with Crippen molar-refractivity contribution in [2.24, 2.45) is 0 Å². The van der Waals surface area contributed by atoms with Crippen LogP contribution in [0.1, 0.15) is 24.1 Å². The van der Waals surface area contributed by atoms with Gasteiger partial charge in [0, 0.05) is 29.9 Å². The number of nitrogens with zero attached hydrogens (tertiary/aromatic N) is 1. The molecule has 1 nitrogen and oxygen atoms in total. The Balaban J connectivity index is 1.93. The third kappa shape index (κ3) is 3.10. The van der Waals surface area contributed by atoms with Crippen molar-refractivity contribution in [2.75, 3.05) is 12.4 Å². The van der Waals surface area contributed by atoms with Crippen molar-refractivity contribution >= 4 is 34.5 Å². The van der Waals surface area contributed by atoms with Crippen molar-refractivity contribution in [1.82, 2.24) is 4.90 Å².